The van der Waals surface area contributed by atoms with Gasteiger partial charge in [0.05, 0.1) is 10.6 Å². The molecular weight excluding hydrogens is 298 g/mol. The zero-order valence-electron chi connectivity index (χ0n) is 13.3. The molecule has 1 aromatic heterocycles. The number of carbonyl (C=O) groups is 1. The van der Waals surface area contributed by atoms with Crippen LogP contribution in [0.2, 0.25) is 0 Å². The first kappa shape index (κ1) is 15.9. The maximum Gasteiger partial charge on any atom is 0.303 e. The van der Waals surface area contributed by atoms with Gasteiger partial charge in [-0.2, -0.15) is 0 Å². The van der Waals surface area contributed by atoms with Crippen molar-refractivity contribution in [2.24, 2.45) is 11.3 Å². The van der Waals surface area contributed by atoms with Crippen LogP contribution >= 0.6 is 11.5 Å². The number of rotatable bonds is 4. The summed E-state index contributed by atoms with van der Waals surface area (Å²) in [4.78, 5) is 14.7. The van der Waals surface area contributed by atoms with Crippen LogP contribution in [0, 0.1) is 18.3 Å². The molecule has 0 radical (unpaired) electrons. The molecule has 1 aliphatic carbocycles. The van der Waals surface area contributed by atoms with Gasteiger partial charge < -0.3 is 5.11 Å². The molecule has 1 spiro atoms. The van der Waals surface area contributed by atoms with Crippen molar-refractivity contribution < 1.29 is 9.90 Å². The van der Waals surface area contributed by atoms with Gasteiger partial charge in [-0.1, -0.05) is 4.49 Å². The molecular formula is C16H25N3O2S. The van der Waals surface area contributed by atoms with E-state index in [1.54, 1.807) is 0 Å². The quantitative estimate of drug-likeness (QED) is 0.922. The summed E-state index contributed by atoms with van der Waals surface area (Å²) in [6, 6.07) is 0. The number of carboxylic acids is 1. The van der Waals surface area contributed by atoms with Crippen molar-refractivity contribution in [3.05, 3.63) is 10.6 Å². The summed E-state index contributed by atoms with van der Waals surface area (Å²) in [7, 11) is 0. The molecule has 2 fully saturated rings. The molecule has 1 aromatic rings. The smallest absolute Gasteiger partial charge is 0.303 e. The second kappa shape index (κ2) is 6.62. The Bertz CT molecular complexity index is 513. The lowest BCUT2D eigenvalue weighted by atomic mass is 9.65. The average Bonchev–Trinajstić information content (AvgIpc) is 2.89. The van der Waals surface area contributed by atoms with Gasteiger partial charge in [0, 0.05) is 13.0 Å². The highest BCUT2D eigenvalue weighted by Crippen LogP contribution is 2.47. The van der Waals surface area contributed by atoms with Gasteiger partial charge in [-0.15, -0.1) is 5.10 Å². The fourth-order valence-corrected chi connectivity index (χ4v) is 4.70. The summed E-state index contributed by atoms with van der Waals surface area (Å²) in [6.45, 7) is 5.33. The van der Waals surface area contributed by atoms with E-state index in [-0.39, 0.29) is 0 Å². The van der Waals surface area contributed by atoms with Crippen molar-refractivity contribution in [2.45, 2.75) is 58.4 Å². The second-order valence-electron chi connectivity index (χ2n) is 7.10. The SMILES string of the molecule is Cc1nnsc1CN1CCC2(CCC(CC(=O)O)CC2)CC1. The second-order valence-corrected chi connectivity index (χ2v) is 7.94. The van der Waals surface area contributed by atoms with E-state index in [9.17, 15) is 4.79 Å². The highest BCUT2D eigenvalue weighted by Gasteiger charge is 2.38. The monoisotopic (exact) mass is 323 g/mol. The fraction of sp³-hybridized carbons (Fsp3) is 0.812. The summed E-state index contributed by atoms with van der Waals surface area (Å²) in [5.41, 5.74) is 1.56. The summed E-state index contributed by atoms with van der Waals surface area (Å²) in [5, 5.41) is 13.0. The summed E-state index contributed by atoms with van der Waals surface area (Å²) >= 11 is 1.52. The number of piperidine rings is 1. The van der Waals surface area contributed by atoms with E-state index in [2.05, 4.69) is 14.5 Å². The Morgan fingerprint density at radius 1 is 1.32 bits per heavy atom. The van der Waals surface area contributed by atoms with E-state index in [4.69, 9.17) is 5.11 Å². The lowest BCUT2D eigenvalue weighted by molar-refractivity contribution is -0.138. The van der Waals surface area contributed by atoms with Crippen molar-refractivity contribution in [1.82, 2.24) is 14.5 Å². The molecule has 0 bridgehead atoms. The lowest BCUT2D eigenvalue weighted by Crippen LogP contribution is -2.41. The van der Waals surface area contributed by atoms with Crippen LogP contribution in [0.4, 0.5) is 0 Å². The fourth-order valence-electron chi connectivity index (χ4n) is 4.03. The van der Waals surface area contributed by atoms with Crippen LogP contribution in [-0.2, 0) is 11.3 Å². The Kier molecular flexibility index (Phi) is 4.78. The topological polar surface area (TPSA) is 66.3 Å². The summed E-state index contributed by atoms with van der Waals surface area (Å²) < 4.78 is 4.02. The first-order chi connectivity index (χ1) is 10.6. The van der Waals surface area contributed by atoms with Gasteiger partial charge in [0.1, 0.15) is 0 Å². The van der Waals surface area contributed by atoms with Crippen molar-refractivity contribution in [2.75, 3.05) is 13.1 Å². The van der Waals surface area contributed by atoms with Crippen molar-refractivity contribution >= 4 is 17.5 Å². The molecule has 6 heteroatoms. The highest BCUT2D eigenvalue weighted by molar-refractivity contribution is 7.05. The Morgan fingerprint density at radius 2 is 2.00 bits per heavy atom. The van der Waals surface area contributed by atoms with Crippen molar-refractivity contribution in [1.29, 1.82) is 0 Å². The predicted octanol–water partition coefficient (Wildman–Crippen LogP) is 3.09. The molecule has 2 aliphatic rings. The number of aromatic nitrogens is 2. The van der Waals surface area contributed by atoms with Gasteiger partial charge >= 0.3 is 5.97 Å². The minimum atomic E-state index is -0.635. The Labute approximate surface area is 135 Å². The van der Waals surface area contributed by atoms with E-state index in [1.807, 2.05) is 6.92 Å². The molecule has 1 aliphatic heterocycles. The first-order valence-electron chi connectivity index (χ1n) is 8.28. The van der Waals surface area contributed by atoms with Gasteiger partial charge in [0.15, 0.2) is 0 Å². The number of nitrogens with zero attached hydrogens (tertiary/aromatic N) is 3. The molecule has 22 heavy (non-hydrogen) atoms. The van der Waals surface area contributed by atoms with Crippen LogP contribution in [0.1, 0.15) is 55.5 Å². The minimum absolute atomic E-state index is 0.361. The molecule has 122 valence electrons. The number of hydrogen-bond acceptors (Lipinski definition) is 5. The van der Waals surface area contributed by atoms with Gasteiger partial charge in [0.2, 0.25) is 0 Å². The van der Waals surface area contributed by atoms with Gasteiger partial charge in [-0.05, 0) is 81.4 Å². The molecule has 0 aromatic carbocycles. The lowest BCUT2D eigenvalue weighted by Gasteiger charge is -2.45. The first-order valence-corrected chi connectivity index (χ1v) is 9.06. The largest absolute Gasteiger partial charge is 0.481 e. The van der Waals surface area contributed by atoms with E-state index in [0.29, 0.717) is 17.8 Å². The number of aliphatic carboxylic acids is 1. The maximum atomic E-state index is 10.8. The third-order valence-electron chi connectivity index (χ3n) is 5.66. The van der Waals surface area contributed by atoms with E-state index in [1.165, 1.54) is 42.1 Å². The number of likely N-dealkylation sites (tertiary alicyclic amines) is 1. The maximum absolute atomic E-state index is 10.8. The zero-order chi connectivity index (χ0) is 15.6. The number of hydrogen-bond donors (Lipinski definition) is 1. The van der Waals surface area contributed by atoms with Crippen LogP contribution in [0.3, 0.4) is 0 Å². The highest BCUT2D eigenvalue weighted by atomic mass is 32.1. The molecule has 0 amide bonds. The number of carboxylic acid groups (broad SMARTS) is 1. The predicted molar refractivity (Wildman–Crippen MR) is 85.8 cm³/mol. The Balaban J connectivity index is 1.48. The van der Waals surface area contributed by atoms with Crippen LogP contribution in [0.15, 0.2) is 0 Å². The van der Waals surface area contributed by atoms with Crippen LogP contribution in [0.25, 0.3) is 0 Å². The van der Waals surface area contributed by atoms with E-state index < -0.39 is 5.97 Å². The molecule has 1 saturated carbocycles. The van der Waals surface area contributed by atoms with Gasteiger partial charge in [0.25, 0.3) is 0 Å². The molecule has 5 nitrogen and oxygen atoms in total. The zero-order valence-corrected chi connectivity index (χ0v) is 14.1. The van der Waals surface area contributed by atoms with Crippen LogP contribution < -0.4 is 0 Å². The van der Waals surface area contributed by atoms with Crippen molar-refractivity contribution in [3.63, 3.8) is 0 Å². The molecule has 2 heterocycles. The molecule has 1 N–H and O–H groups in total. The third-order valence-corrected chi connectivity index (χ3v) is 6.47. The van der Waals surface area contributed by atoms with Crippen molar-refractivity contribution in [3.8, 4) is 0 Å². The number of aryl methyl sites for hydroxylation is 1. The van der Waals surface area contributed by atoms with Crippen LogP contribution in [0.5, 0.6) is 0 Å². The van der Waals surface area contributed by atoms with Gasteiger partial charge in [-0.25, -0.2) is 0 Å². The third kappa shape index (κ3) is 3.66. The standard InChI is InChI=1S/C16H25N3O2S/c1-12-14(22-18-17-12)11-19-8-6-16(7-9-19)4-2-13(3-5-16)10-15(20)21/h13H,2-11H2,1H3,(H,20,21). The summed E-state index contributed by atoms with van der Waals surface area (Å²) in [5.74, 6) is -0.226. The minimum Gasteiger partial charge on any atom is -0.481 e. The van der Waals surface area contributed by atoms with E-state index in [0.717, 1.165) is 38.2 Å². The Morgan fingerprint density at radius 3 is 2.55 bits per heavy atom. The van der Waals surface area contributed by atoms with E-state index >= 15 is 0 Å². The molecule has 3 rings (SSSR count). The average molecular weight is 323 g/mol. The normalized spacial score (nSPS) is 23.0. The molecule has 1 saturated heterocycles. The molecule has 0 atom stereocenters. The van der Waals surface area contributed by atoms with Gasteiger partial charge in [-0.3, -0.25) is 9.69 Å². The molecule has 0 unspecified atom stereocenters. The van der Waals surface area contributed by atoms with Crippen LogP contribution in [-0.4, -0.2) is 38.7 Å². The summed E-state index contributed by atoms with van der Waals surface area (Å²) in [6.07, 6.45) is 7.53. The Hall–Kier alpha value is -1.01.